The number of carbonyl (C=O) groups is 2. The number of aliphatic hydroxyl groups excluding tert-OH is 1. The Morgan fingerprint density at radius 1 is 1.06 bits per heavy atom. The minimum atomic E-state index is -0.930. The van der Waals surface area contributed by atoms with Crippen LogP contribution in [0.15, 0.2) is 48.3 Å². The molecule has 1 unspecified atom stereocenters. The number of aryl methyl sites for hydroxylation is 1. The van der Waals surface area contributed by atoms with Gasteiger partial charge in [0, 0.05) is 18.0 Å². The van der Waals surface area contributed by atoms with Crippen molar-refractivity contribution in [3.63, 3.8) is 0 Å². The molecule has 1 atom stereocenters. The molecule has 1 aliphatic heterocycles. The number of anilines is 1. The Labute approximate surface area is 181 Å². The van der Waals surface area contributed by atoms with E-state index < -0.39 is 17.7 Å². The molecule has 0 radical (unpaired) electrons. The number of amides is 1. The van der Waals surface area contributed by atoms with Crippen molar-refractivity contribution in [2.75, 3.05) is 19.1 Å². The third-order valence-electron chi connectivity index (χ3n) is 4.84. The fraction of sp³-hybridized carbons (Fsp3) is 0.190. The summed E-state index contributed by atoms with van der Waals surface area (Å²) < 4.78 is 10.7. The van der Waals surface area contributed by atoms with Crippen molar-refractivity contribution in [1.29, 1.82) is 0 Å². The highest BCUT2D eigenvalue weighted by Crippen LogP contribution is 2.44. The lowest BCUT2D eigenvalue weighted by Crippen LogP contribution is -2.29. The molecule has 1 aliphatic rings. The molecule has 2 aromatic heterocycles. The van der Waals surface area contributed by atoms with Gasteiger partial charge in [0.1, 0.15) is 10.8 Å². The maximum Gasteiger partial charge on any atom is 0.301 e. The highest BCUT2D eigenvalue weighted by Gasteiger charge is 2.48. The van der Waals surface area contributed by atoms with Gasteiger partial charge in [-0.15, -0.1) is 10.2 Å². The lowest BCUT2D eigenvalue weighted by molar-refractivity contribution is -0.132. The molecule has 3 heterocycles. The first-order valence-electron chi connectivity index (χ1n) is 9.19. The molecular formula is C21H18N4O5S. The number of pyridine rings is 1. The summed E-state index contributed by atoms with van der Waals surface area (Å²) in [5.74, 6) is -1.01. The predicted octanol–water partition coefficient (Wildman–Crippen LogP) is 2.89. The van der Waals surface area contributed by atoms with Crippen LogP contribution in [0, 0.1) is 6.92 Å². The van der Waals surface area contributed by atoms with E-state index in [9.17, 15) is 14.7 Å². The summed E-state index contributed by atoms with van der Waals surface area (Å²) in [6.07, 6.45) is 2.98. The lowest BCUT2D eigenvalue weighted by Gasteiger charge is -2.23. The van der Waals surface area contributed by atoms with E-state index in [1.165, 1.54) is 42.8 Å². The van der Waals surface area contributed by atoms with Crippen molar-refractivity contribution in [2.24, 2.45) is 0 Å². The molecule has 31 heavy (non-hydrogen) atoms. The van der Waals surface area contributed by atoms with Crippen LogP contribution < -0.4 is 14.4 Å². The zero-order valence-electron chi connectivity index (χ0n) is 16.9. The van der Waals surface area contributed by atoms with Gasteiger partial charge in [0.25, 0.3) is 5.78 Å². The van der Waals surface area contributed by atoms with Gasteiger partial charge in [0.15, 0.2) is 11.5 Å². The maximum absolute atomic E-state index is 13.0. The summed E-state index contributed by atoms with van der Waals surface area (Å²) in [4.78, 5) is 31.3. The Morgan fingerprint density at radius 3 is 2.39 bits per heavy atom. The molecule has 0 aliphatic carbocycles. The van der Waals surface area contributed by atoms with Crippen molar-refractivity contribution in [1.82, 2.24) is 15.2 Å². The first-order chi connectivity index (χ1) is 15.0. The fourth-order valence-electron chi connectivity index (χ4n) is 3.42. The fourth-order valence-corrected chi connectivity index (χ4v) is 4.13. The van der Waals surface area contributed by atoms with Crippen molar-refractivity contribution in [3.8, 4) is 11.5 Å². The van der Waals surface area contributed by atoms with Crippen LogP contribution in [0.2, 0.25) is 0 Å². The number of methoxy groups -OCH3 is 2. The molecule has 9 nitrogen and oxygen atoms in total. The summed E-state index contributed by atoms with van der Waals surface area (Å²) in [7, 11) is 3.00. The van der Waals surface area contributed by atoms with Crippen molar-refractivity contribution >= 4 is 33.9 Å². The van der Waals surface area contributed by atoms with Crippen LogP contribution >= 0.6 is 11.3 Å². The Bertz CT molecular complexity index is 1190. The summed E-state index contributed by atoms with van der Waals surface area (Å²) >= 11 is 1.18. The molecule has 0 bridgehead atoms. The minimum Gasteiger partial charge on any atom is -0.507 e. The molecule has 0 spiro atoms. The Hall–Kier alpha value is -3.79. The van der Waals surface area contributed by atoms with Crippen LogP contribution in [0.4, 0.5) is 5.13 Å². The monoisotopic (exact) mass is 438 g/mol. The second-order valence-corrected chi connectivity index (χ2v) is 7.78. The SMILES string of the molecule is COc1ccc(C2/C(=C(\O)c3ccncc3)C(=O)C(=O)N2c2nnc(C)s2)cc1OC. The van der Waals surface area contributed by atoms with E-state index in [2.05, 4.69) is 15.2 Å². The Morgan fingerprint density at radius 2 is 1.77 bits per heavy atom. The largest absolute Gasteiger partial charge is 0.507 e. The van der Waals surface area contributed by atoms with Gasteiger partial charge in [-0.2, -0.15) is 0 Å². The van der Waals surface area contributed by atoms with E-state index >= 15 is 0 Å². The van der Waals surface area contributed by atoms with Crippen LogP contribution in [-0.4, -0.2) is 46.2 Å². The summed E-state index contributed by atoms with van der Waals surface area (Å²) in [6, 6.07) is 7.23. The zero-order chi connectivity index (χ0) is 22.1. The molecule has 1 aromatic carbocycles. The smallest absolute Gasteiger partial charge is 0.301 e. The third kappa shape index (κ3) is 3.50. The third-order valence-corrected chi connectivity index (χ3v) is 5.68. The van der Waals surface area contributed by atoms with Gasteiger partial charge in [-0.3, -0.25) is 19.5 Å². The van der Waals surface area contributed by atoms with Gasteiger partial charge >= 0.3 is 5.91 Å². The number of aromatic nitrogens is 3. The first kappa shape index (κ1) is 20.5. The van der Waals surface area contributed by atoms with Crippen molar-refractivity contribution < 1.29 is 24.2 Å². The molecule has 1 saturated heterocycles. The molecule has 10 heteroatoms. The number of hydrogen-bond donors (Lipinski definition) is 1. The average molecular weight is 438 g/mol. The van der Waals surface area contributed by atoms with E-state index in [1.807, 2.05) is 0 Å². The quantitative estimate of drug-likeness (QED) is 0.367. The number of rotatable bonds is 5. The second kappa shape index (κ2) is 8.15. The number of ether oxygens (including phenoxy) is 2. The number of benzene rings is 1. The van der Waals surface area contributed by atoms with Crippen LogP contribution in [0.1, 0.15) is 22.2 Å². The predicted molar refractivity (Wildman–Crippen MR) is 113 cm³/mol. The van der Waals surface area contributed by atoms with Gasteiger partial charge in [-0.05, 0) is 36.8 Å². The molecule has 1 fully saturated rings. The van der Waals surface area contributed by atoms with Crippen LogP contribution in [-0.2, 0) is 9.59 Å². The highest BCUT2D eigenvalue weighted by molar-refractivity contribution is 7.15. The standard InChI is InChI=1S/C21H18N4O5S/c1-11-23-24-21(31-11)25-17(13-4-5-14(29-2)15(10-13)30-3)16(19(27)20(25)28)18(26)12-6-8-22-9-7-12/h4-10,17,26H,1-3H3/b18-16+. The molecular weight excluding hydrogens is 420 g/mol. The average Bonchev–Trinajstić information content (AvgIpc) is 3.34. The maximum atomic E-state index is 13.0. The summed E-state index contributed by atoms with van der Waals surface area (Å²) in [5, 5.41) is 19.9. The van der Waals surface area contributed by atoms with E-state index in [0.717, 1.165) is 0 Å². The molecule has 0 saturated carbocycles. The number of carbonyl (C=O) groups excluding carboxylic acids is 2. The molecule has 3 aromatic rings. The van der Waals surface area contributed by atoms with Crippen LogP contribution in [0.25, 0.3) is 5.76 Å². The van der Waals surface area contributed by atoms with Gasteiger partial charge in [-0.25, -0.2) is 0 Å². The lowest BCUT2D eigenvalue weighted by atomic mass is 9.95. The van der Waals surface area contributed by atoms with Crippen molar-refractivity contribution in [2.45, 2.75) is 13.0 Å². The molecule has 1 N–H and O–H groups in total. The molecule has 158 valence electrons. The van der Waals surface area contributed by atoms with Crippen molar-refractivity contribution in [3.05, 3.63) is 64.4 Å². The number of ketones is 1. The Kier molecular flexibility index (Phi) is 5.38. The van der Waals surface area contributed by atoms with Crippen LogP contribution in [0.3, 0.4) is 0 Å². The number of hydrogen-bond acceptors (Lipinski definition) is 9. The van der Waals surface area contributed by atoms with Crippen LogP contribution in [0.5, 0.6) is 11.5 Å². The minimum absolute atomic E-state index is 0.0590. The molecule has 4 rings (SSSR count). The van der Waals surface area contributed by atoms with Gasteiger partial charge in [0.05, 0.1) is 25.8 Å². The highest BCUT2D eigenvalue weighted by atomic mass is 32.1. The second-order valence-electron chi connectivity index (χ2n) is 6.62. The number of Topliss-reactive ketones (excluding diaryl/α,β-unsaturated/α-hetero) is 1. The van der Waals surface area contributed by atoms with E-state index in [1.54, 1.807) is 37.3 Å². The van der Waals surface area contributed by atoms with Gasteiger partial charge < -0.3 is 14.6 Å². The number of aliphatic hydroxyl groups is 1. The first-order valence-corrected chi connectivity index (χ1v) is 10.0. The topological polar surface area (TPSA) is 115 Å². The summed E-state index contributed by atoms with van der Waals surface area (Å²) in [6.45, 7) is 1.75. The van der Waals surface area contributed by atoms with Gasteiger partial charge in [0.2, 0.25) is 5.13 Å². The summed E-state index contributed by atoms with van der Waals surface area (Å²) in [5.41, 5.74) is 0.850. The van der Waals surface area contributed by atoms with E-state index in [4.69, 9.17) is 9.47 Å². The zero-order valence-corrected chi connectivity index (χ0v) is 17.7. The van der Waals surface area contributed by atoms with E-state index in [-0.39, 0.29) is 16.5 Å². The normalized spacial score (nSPS) is 17.8. The number of nitrogens with zero attached hydrogens (tertiary/aromatic N) is 4. The molecule has 1 amide bonds. The Balaban J connectivity index is 1.96. The van der Waals surface area contributed by atoms with Gasteiger partial charge in [-0.1, -0.05) is 17.4 Å². The van der Waals surface area contributed by atoms with E-state index in [0.29, 0.717) is 27.6 Å².